The van der Waals surface area contributed by atoms with E-state index in [-0.39, 0.29) is 28.7 Å². The monoisotopic (exact) mass is 350 g/mol. The average molecular weight is 350 g/mol. The number of para-hydroxylation sites is 1. The number of imidazole rings is 1. The van der Waals surface area contributed by atoms with Crippen LogP contribution in [0.3, 0.4) is 0 Å². The number of thioether (sulfide) groups is 1. The topological polar surface area (TPSA) is 75.0 Å². The van der Waals surface area contributed by atoms with Crippen LogP contribution in [0, 0.1) is 5.92 Å². The van der Waals surface area contributed by atoms with Crippen LogP contribution < -0.4 is 10.4 Å². The van der Waals surface area contributed by atoms with Crippen molar-refractivity contribution in [2.24, 2.45) is 5.92 Å². The third-order valence-electron chi connectivity index (χ3n) is 4.83. The van der Waals surface area contributed by atoms with Crippen molar-refractivity contribution in [3.05, 3.63) is 81.9 Å². The molecule has 25 heavy (non-hydrogen) atoms. The molecule has 6 heteroatoms. The minimum absolute atomic E-state index is 0.119. The second kappa shape index (κ2) is 5.39. The summed E-state index contributed by atoms with van der Waals surface area (Å²) in [5.74, 6) is -0.294. The van der Waals surface area contributed by atoms with Crippen molar-refractivity contribution in [2.45, 2.75) is 16.2 Å². The zero-order valence-corrected chi connectivity index (χ0v) is 13.9. The van der Waals surface area contributed by atoms with Crippen molar-refractivity contribution in [1.82, 2.24) is 9.97 Å². The van der Waals surface area contributed by atoms with Crippen LogP contribution in [0.5, 0.6) is 5.75 Å². The maximum absolute atomic E-state index is 12.9. The first kappa shape index (κ1) is 14.6. The molecule has 0 spiro atoms. The van der Waals surface area contributed by atoms with E-state index in [0.717, 1.165) is 21.8 Å². The lowest BCUT2D eigenvalue weighted by molar-refractivity contribution is -0.141. The molecule has 1 aromatic heterocycles. The van der Waals surface area contributed by atoms with Crippen LogP contribution in [0.2, 0.25) is 0 Å². The van der Waals surface area contributed by atoms with E-state index in [1.165, 1.54) is 11.8 Å². The Morgan fingerprint density at radius 3 is 2.52 bits per heavy atom. The molecule has 2 aliphatic rings. The zero-order chi connectivity index (χ0) is 17.0. The van der Waals surface area contributed by atoms with Crippen molar-refractivity contribution in [1.29, 1.82) is 0 Å². The second-order valence-corrected chi connectivity index (χ2v) is 7.39. The quantitative estimate of drug-likeness (QED) is 0.522. The summed E-state index contributed by atoms with van der Waals surface area (Å²) in [5, 5.41) is 0.676. The third kappa shape index (κ3) is 2.17. The number of hydrogen-bond acceptors (Lipinski definition) is 4. The second-order valence-electron chi connectivity index (χ2n) is 6.23. The van der Waals surface area contributed by atoms with Gasteiger partial charge in [-0.05, 0) is 11.6 Å². The van der Waals surface area contributed by atoms with Crippen LogP contribution in [0.25, 0.3) is 0 Å². The highest BCUT2D eigenvalue weighted by molar-refractivity contribution is 7.99. The summed E-state index contributed by atoms with van der Waals surface area (Å²) in [6.07, 6.45) is 0. The third-order valence-corrected chi connectivity index (χ3v) is 6.20. The minimum Gasteiger partial charge on any atom is -0.426 e. The van der Waals surface area contributed by atoms with E-state index in [0.29, 0.717) is 5.75 Å². The Balaban J connectivity index is 1.75. The van der Waals surface area contributed by atoms with E-state index in [1.807, 2.05) is 48.5 Å². The molecule has 0 saturated carbocycles. The summed E-state index contributed by atoms with van der Waals surface area (Å²) in [5.41, 5.74) is 2.51. The summed E-state index contributed by atoms with van der Waals surface area (Å²) < 4.78 is 5.62. The summed E-state index contributed by atoms with van der Waals surface area (Å²) in [4.78, 5) is 30.5. The van der Waals surface area contributed by atoms with E-state index < -0.39 is 0 Å². The number of ether oxygens (including phenoxy) is 1. The molecule has 3 heterocycles. The Morgan fingerprint density at radius 2 is 1.68 bits per heavy atom. The van der Waals surface area contributed by atoms with Gasteiger partial charge >= 0.3 is 11.7 Å². The van der Waals surface area contributed by atoms with Gasteiger partial charge in [0.05, 0.1) is 21.9 Å². The Kier molecular flexibility index (Phi) is 3.15. The molecule has 0 amide bonds. The number of nitrogens with one attached hydrogen (secondary N) is 2. The maximum atomic E-state index is 12.9. The first-order valence-corrected chi connectivity index (χ1v) is 8.95. The number of carbonyl (C=O) groups excluding carboxylic acids is 1. The summed E-state index contributed by atoms with van der Waals surface area (Å²) in [6.45, 7) is 0. The largest absolute Gasteiger partial charge is 0.426 e. The molecule has 0 radical (unpaired) electrons. The maximum Gasteiger partial charge on any atom is 0.323 e. The number of rotatable bonds is 1. The van der Waals surface area contributed by atoms with Gasteiger partial charge in [-0.25, -0.2) is 4.79 Å². The number of fused-ring (bicyclic) bond motifs is 5. The Hall–Kier alpha value is -2.73. The molecule has 2 aromatic carbocycles. The number of esters is 1. The van der Waals surface area contributed by atoms with Crippen molar-refractivity contribution in [3.8, 4) is 5.75 Å². The standard InChI is InChI=1S/C19H14N2O3S/c22-18-14-13(11-8-4-5-9-12(11)24-18)15-17(21-19(23)20-15)25-16(14)10-6-2-1-3-7-10/h1-9,13-14,16H,(H2,20,21,23)/t13-,14+,16+/m1/s1. The fourth-order valence-corrected chi connectivity index (χ4v) is 5.20. The molecule has 0 unspecified atom stereocenters. The van der Waals surface area contributed by atoms with Gasteiger partial charge in [0.15, 0.2) is 0 Å². The van der Waals surface area contributed by atoms with E-state index in [4.69, 9.17) is 4.74 Å². The highest BCUT2D eigenvalue weighted by atomic mass is 32.2. The highest BCUT2D eigenvalue weighted by Crippen LogP contribution is 2.57. The molecule has 3 atom stereocenters. The molecule has 0 aliphatic carbocycles. The van der Waals surface area contributed by atoms with E-state index >= 15 is 0 Å². The fraction of sp³-hybridized carbons (Fsp3) is 0.158. The SMILES string of the molecule is O=C1Oc2ccccc2[C@H]2c3[nH]c(=O)[nH]c3S[C@@H](c3ccccc3)[C@@H]12. The van der Waals surface area contributed by atoms with Crippen LogP contribution >= 0.6 is 11.8 Å². The van der Waals surface area contributed by atoms with Crippen molar-refractivity contribution in [2.75, 3.05) is 0 Å². The lowest BCUT2D eigenvalue weighted by Crippen LogP contribution is -2.38. The normalized spacial score (nSPS) is 24.0. The lowest BCUT2D eigenvalue weighted by atomic mass is 9.77. The van der Waals surface area contributed by atoms with Gasteiger partial charge in [0.2, 0.25) is 0 Å². The molecule has 0 saturated heterocycles. The fourth-order valence-electron chi connectivity index (χ4n) is 3.78. The first-order chi connectivity index (χ1) is 12.2. The van der Waals surface area contributed by atoms with Gasteiger partial charge in [-0.3, -0.25) is 4.79 Å². The van der Waals surface area contributed by atoms with Crippen LogP contribution in [0.4, 0.5) is 0 Å². The van der Waals surface area contributed by atoms with E-state index in [1.54, 1.807) is 6.07 Å². The van der Waals surface area contributed by atoms with Gasteiger partial charge in [0.25, 0.3) is 0 Å². The number of aromatic nitrogens is 2. The van der Waals surface area contributed by atoms with E-state index in [2.05, 4.69) is 9.97 Å². The van der Waals surface area contributed by atoms with Gasteiger partial charge in [0.1, 0.15) is 5.75 Å². The molecule has 3 aromatic rings. The van der Waals surface area contributed by atoms with Gasteiger partial charge in [-0.15, -0.1) is 0 Å². The zero-order valence-electron chi connectivity index (χ0n) is 13.1. The van der Waals surface area contributed by atoms with Crippen molar-refractivity contribution in [3.63, 3.8) is 0 Å². The first-order valence-electron chi connectivity index (χ1n) is 8.07. The van der Waals surface area contributed by atoms with Crippen LogP contribution in [0.15, 0.2) is 64.4 Å². The molecule has 5 rings (SSSR count). The van der Waals surface area contributed by atoms with Crippen LogP contribution in [-0.2, 0) is 4.79 Å². The molecule has 5 nitrogen and oxygen atoms in total. The number of hydrogen-bond donors (Lipinski definition) is 2. The van der Waals surface area contributed by atoms with Gasteiger partial charge < -0.3 is 14.7 Å². The molecule has 124 valence electrons. The summed E-state index contributed by atoms with van der Waals surface area (Å²) >= 11 is 1.51. The summed E-state index contributed by atoms with van der Waals surface area (Å²) in [6, 6.07) is 17.4. The number of benzene rings is 2. The van der Waals surface area contributed by atoms with Crippen LogP contribution in [0.1, 0.15) is 28.0 Å². The molecule has 0 fully saturated rings. The number of aromatic amines is 2. The Morgan fingerprint density at radius 1 is 0.920 bits per heavy atom. The van der Waals surface area contributed by atoms with Gasteiger partial charge in [-0.2, -0.15) is 0 Å². The summed E-state index contributed by atoms with van der Waals surface area (Å²) in [7, 11) is 0. The predicted octanol–water partition coefficient (Wildman–Crippen LogP) is 3.22. The molecule has 2 aliphatic heterocycles. The smallest absolute Gasteiger partial charge is 0.323 e. The highest BCUT2D eigenvalue weighted by Gasteiger charge is 2.49. The lowest BCUT2D eigenvalue weighted by Gasteiger charge is -2.39. The van der Waals surface area contributed by atoms with Crippen molar-refractivity contribution >= 4 is 17.7 Å². The van der Waals surface area contributed by atoms with E-state index in [9.17, 15) is 9.59 Å². The average Bonchev–Trinajstić information content (AvgIpc) is 3.01. The van der Waals surface area contributed by atoms with Gasteiger partial charge in [0, 0.05) is 11.5 Å². The van der Waals surface area contributed by atoms with Crippen molar-refractivity contribution < 1.29 is 9.53 Å². The molecule has 0 bridgehead atoms. The predicted molar refractivity (Wildman–Crippen MR) is 93.9 cm³/mol. The number of carbonyl (C=O) groups is 1. The minimum atomic E-state index is -0.388. The molecular formula is C19H14N2O3S. The van der Waals surface area contributed by atoms with Gasteiger partial charge in [-0.1, -0.05) is 60.3 Å². The van der Waals surface area contributed by atoms with Crippen LogP contribution in [-0.4, -0.2) is 15.9 Å². The number of H-pyrrole nitrogens is 2. The molecular weight excluding hydrogens is 336 g/mol. The Bertz CT molecular complexity index is 1020. The Labute approximate surface area is 147 Å². The molecule has 2 N–H and O–H groups in total.